The van der Waals surface area contributed by atoms with Crippen LogP contribution in [0, 0.1) is 31.1 Å². The Labute approximate surface area is 52.3 Å². The Morgan fingerprint density at radius 1 is 1.62 bits per heavy atom. The zero-order valence-electron chi connectivity index (χ0n) is 5.65. The van der Waals surface area contributed by atoms with Gasteiger partial charge in [0.05, 0.1) is 0 Å². The van der Waals surface area contributed by atoms with Crippen molar-refractivity contribution in [2.24, 2.45) is 11.8 Å². The van der Waals surface area contributed by atoms with Gasteiger partial charge >= 0.3 is 0 Å². The summed E-state index contributed by atoms with van der Waals surface area (Å²) in [6.45, 7) is 7.95. The monoisotopic (exact) mass is 109 g/mol. The van der Waals surface area contributed by atoms with Crippen LogP contribution in [0.2, 0.25) is 0 Å². The Bertz CT molecular complexity index is 84.7. The molecule has 0 saturated heterocycles. The number of rotatable bonds is 2. The van der Waals surface area contributed by atoms with Crippen LogP contribution in [0.1, 0.15) is 20.3 Å². The van der Waals surface area contributed by atoms with Crippen molar-refractivity contribution in [2.45, 2.75) is 20.3 Å². The molecular weight excluding hydrogens is 96.1 g/mol. The molecule has 0 spiro atoms. The van der Waals surface area contributed by atoms with E-state index >= 15 is 0 Å². The first-order valence-corrected chi connectivity index (χ1v) is 2.96. The molecule has 0 rings (SSSR count). The van der Waals surface area contributed by atoms with Crippen molar-refractivity contribution < 1.29 is 0 Å². The summed E-state index contributed by atoms with van der Waals surface area (Å²) < 4.78 is 0. The van der Waals surface area contributed by atoms with Crippen molar-refractivity contribution >= 4 is 0 Å². The Morgan fingerprint density at radius 3 is 2.25 bits per heavy atom. The largest absolute Gasteiger partial charge is 0.120 e. The van der Waals surface area contributed by atoms with Crippen molar-refractivity contribution in [3.05, 3.63) is 6.92 Å². The van der Waals surface area contributed by atoms with Gasteiger partial charge in [-0.15, -0.1) is 12.3 Å². The van der Waals surface area contributed by atoms with E-state index in [0.717, 1.165) is 6.42 Å². The third-order valence-corrected chi connectivity index (χ3v) is 1.04. The summed E-state index contributed by atoms with van der Waals surface area (Å²) in [6, 6.07) is 0. The summed E-state index contributed by atoms with van der Waals surface area (Å²) >= 11 is 0. The average Bonchev–Trinajstić information content (AvgIpc) is 1.65. The van der Waals surface area contributed by atoms with Gasteiger partial charge in [0, 0.05) is 5.92 Å². The fourth-order valence-electron chi connectivity index (χ4n) is 0.672. The highest BCUT2D eigenvalue weighted by atomic mass is 14.0. The number of hydrogen-bond donors (Lipinski definition) is 0. The minimum atomic E-state index is 0.391. The van der Waals surface area contributed by atoms with Gasteiger partial charge in [-0.25, -0.2) is 0 Å². The molecule has 0 N–H and O–H groups in total. The lowest BCUT2D eigenvalue weighted by molar-refractivity contribution is 0.554. The first-order valence-electron chi connectivity index (χ1n) is 2.96. The lowest BCUT2D eigenvalue weighted by Gasteiger charge is -2.04. The normalized spacial score (nSPS) is 13.4. The van der Waals surface area contributed by atoms with Crippen molar-refractivity contribution in [1.29, 1.82) is 0 Å². The summed E-state index contributed by atoms with van der Waals surface area (Å²) in [6.07, 6.45) is 6.18. The summed E-state index contributed by atoms with van der Waals surface area (Å²) in [5.41, 5.74) is 0. The molecule has 0 aliphatic carbocycles. The van der Waals surface area contributed by atoms with Crippen LogP contribution in [0.5, 0.6) is 0 Å². The van der Waals surface area contributed by atoms with Crippen LogP contribution in [0.25, 0.3) is 0 Å². The predicted molar refractivity (Wildman–Crippen MR) is 37.1 cm³/mol. The van der Waals surface area contributed by atoms with Crippen LogP contribution in [-0.2, 0) is 0 Å². The van der Waals surface area contributed by atoms with E-state index < -0.39 is 0 Å². The van der Waals surface area contributed by atoms with Crippen LogP contribution in [0.4, 0.5) is 0 Å². The second-order valence-corrected chi connectivity index (χ2v) is 2.41. The fraction of sp³-hybridized carbons (Fsp3) is 0.625. The standard InChI is InChI=1S/C8H13/c1-5-8(4)6-7(2)3/h1,7-8H,2,6H2,3-4H3. The van der Waals surface area contributed by atoms with Gasteiger partial charge < -0.3 is 0 Å². The molecule has 1 radical (unpaired) electrons. The maximum absolute atomic E-state index is 5.14. The SMILES string of the molecule is C#CC(C)CC([CH2])C. The van der Waals surface area contributed by atoms with E-state index in [0.29, 0.717) is 11.8 Å². The molecule has 2 unspecified atom stereocenters. The van der Waals surface area contributed by atoms with Gasteiger partial charge in [-0.2, -0.15) is 0 Å². The molecule has 8 heavy (non-hydrogen) atoms. The zero-order chi connectivity index (χ0) is 6.57. The summed E-state index contributed by atoms with van der Waals surface area (Å²) in [5.74, 6) is 3.53. The second kappa shape index (κ2) is 3.55. The predicted octanol–water partition coefficient (Wildman–Crippen LogP) is 2.12. The lowest BCUT2D eigenvalue weighted by atomic mass is 10.0. The van der Waals surface area contributed by atoms with Crippen LogP contribution in [-0.4, -0.2) is 0 Å². The average molecular weight is 109 g/mol. The van der Waals surface area contributed by atoms with Gasteiger partial charge in [-0.05, 0) is 12.3 Å². The Balaban J connectivity index is 3.28. The van der Waals surface area contributed by atoms with E-state index in [1.54, 1.807) is 0 Å². The molecule has 0 aliphatic heterocycles. The molecule has 0 heterocycles. The van der Waals surface area contributed by atoms with Crippen molar-refractivity contribution in [3.63, 3.8) is 0 Å². The van der Waals surface area contributed by atoms with Crippen molar-refractivity contribution in [2.75, 3.05) is 0 Å². The van der Waals surface area contributed by atoms with Crippen LogP contribution >= 0.6 is 0 Å². The quantitative estimate of drug-likeness (QED) is 0.476. The summed E-state index contributed by atoms with van der Waals surface area (Å²) in [5, 5.41) is 0. The minimum absolute atomic E-state index is 0.391. The molecule has 45 valence electrons. The molecule has 0 heteroatoms. The maximum Gasteiger partial charge on any atom is 0.0174 e. The fourth-order valence-corrected chi connectivity index (χ4v) is 0.672. The van der Waals surface area contributed by atoms with E-state index in [1.807, 2.05) is 6.92 Å². The van der Waals surface area contributed by atoms with E-state index in [4.69, 9.17) is 6.42 Å². The topological polar surface area (TPSA) is 0 Å². The number of terminal acetylenes is 1. The summed E-state index contributed by atoms with van der Waals surface area (Å²) in [4.78, 5) is 0. The summed E-state index contributed by atoms with van der Waals surface area (Å²) in [7, 11) is 0. The first-order chi connectivity index (χ1) is 3.66. The molecular formula is C8H13. The van der Waals surface area contributed by atoms with Crippen LogP contribution in [0.3, 0.4) is 0 Å². The van der Waals surface area contributed by atoms with Gasteiger partial charge in [0.15, 0.2) is 0 Å². The molecule has 0 amide bonds. The molecule has 0 aromatic rings. The number of hydrogen-bond acceptors (Lipinski definition) is 0. The molecule has 0 saturated carbocycles. The smallest absolute Gasteiger partial charge is 0.0174 e. The third-order valence-electron chi connectivity index (χ3n) is 1.04. The van der Waals surface area contributed by atoms with E-state index in [9.17, 15) is 0 Å². The van der Waals surface area contributed by atoms with Crippen molar-refractivity contribution in [1.82, 2.24) is 0 Å². The van der Waals surface area contributed by atoms with Crippen molar-refractivity contribution in [3.8, 4) is 12.3 Å². The molecule has 0 aromatic heterocycles. The van der Waals surface area contributed by atoms with Crippen LogP contribution in [0.15, 0.2) is 0 Å². The molecule has 0 nitrogen and oxygen atoms in total. The van der Waals surface area contributed by atoms with Gasteiger partial charge in [0.2, 0.25) is 0 Å². The molecule has 0 bridgehead atoms. The Hall–Kier alpha value is -0.440. The van der Waals surface area contributed by atoms with Gasteiger partial charge in [0.1, 0.15) is 0 Å². The van der Waals surface area contributed by atoms with E-state index in [1.165, 1.54) is 0 Å². The molecule has 0 fully saturated rings. The van der Waals surface area contributed by atoms with Crippen LogP contribution < -0.4 is 0 Å². The van der Waals surface area contributed by atoms with E-state index in [2.05, 4.69) is 19.8 Å². The zero-order valence-corrected chi connectivity index (χ0v) is 5.65. The van der Waals surface area contributed by atoms with Gasteiger partial charge in [-0.3, -0.25) is 0 Å². The van der Waals surface area contributed by atoms with E-state index in [-0.39, 0.29) is 0 Å². The lowest BCUT2D eigenvalue weighted by Crippen LogP contribution is -1.95. The first kappa shape index (κ1) is 7.56. The second-order valence-electron chi connectivity index (χ2n) is 2.41. The molecule has 0 aromatic carbocycles. The highest BCUT2D eigenvalue weighted by Gasteiger charge is 1.98. The maximum atomic E-state index is 5.14. The molecule has 2 atom stereocenters. The van der Waals surface area contributed by atoms with Gasteiger partial charge in [-0.1, -0.05) is 20.8 Å². The minimum Gasteiger partial charge on any atom is -0.120 e. The Morgan fingerprint density at radius 2 is 2.12 bits per heavy atom. The molecule has 0 aliphatic rings. The van der Waals surface area contributed by atoms with Gasteiger partial charge in [0.25, 0.3) is 0 Å². The highest BCUT2D eigenvalue weighted by molar-refractivity contribution is 4.90. The highest BCUT2D eigenvalue weighted by Crippen LogP contribution is 2.07. The Kier molecular flexibility index (Phi) is 3.35. The third kappa shape index (κ3) is 3.74.